The number of sulfonamides is 1. The van der Waals surface area contributed by atoms with Crippen molar-refractivity contribution in [2.45, 2.75) is 30.5 Å². The highest BCUT2D eigenvalue weighted by molar-refractivity contribution is 7.89. The quantitative estimate of drug-likeness (QED) is 0.556. The Labute approximate surface area is 108 Å². The number of nitrogens with one attached hydrogen (secondary N) is 2. The summed E-state index contributed by atoms with van der Waals surface area (Å²) in [6.07, 6.45) is -4.51. The Kier molecular flexibility index (Phi) is 4.71. The highest BCUT2D eigenvalue weighted by Gasteiger charge is 2.32. The molecule has 0 aliphatic carbocycles. The van der Waals surface area contributed by atoms with E-state index in [9.17, 15) is 21.6 Å². The van der Waals surface area contributed by atoms with Gasteiger partial charge in [-0.05, 0) is 13.0 Å². The number of halogens is 3. The topological polar surface area (TPSA) is 97.1 Å². The third kappa shape index (κ3) is 5.01. The summed E-state index contributed by atoms with van der Waals surface area (Å²) in [5, 5.41) is 0. The maximum atomic E-state index is 12.1. The predicted molar refractivity (Wildman–Crippen MR) is 62.5 cm³/mol. The van der Waals surface area contributed by atoms with Gasteiger partial charge in [0.05, 0.1) is 11.3 Å². The fraction of sp³-hybridized carbons (Fsp3) is 0.444. The number of hydrogen-bond acceptors (Lipinski definition) is 5. The van der Waals surface area contributed by atoms with Crippen LogP contribution in [0, 0.1) is 0 Å². The third-order valence-electron chi connectivity index (χ3n) is 2.08. The van der Waals surface area contributed by atoms with E-state index in [1.165, 1.54) is 6.20 Å². The lowest BCUT2D eigenvalue weighted by molar-refractivity contribution is -0.137. The van der Waals surface area contributed by atoms with E-state index in [-0.39, 0.29) is 10.7 Å². The highest BCUT2D eigenvalue weighted by Crippen LogP contribution is 2.22. The van der Waals surface area contributed by atoms with Crippen LogP contribution in [-0.4, -0.2) is 25.6 Å². The van der Waals surface area contributed by atoms with Gasteiger partial charge in [-0.15, -0.1) is 0 Å². The van der Waals surface area contributed by atoms with Crippen LogP contribution in [0.15, 0.2) is 23.2 Å². The van der Waals surface area contributed by atoms with Crippen LogP contribution in [0.2, 0.25) is 0 Å². The Morgan fingerprint density at radius 1 is 1.47 bits per heavy atom. The molecule has 1 rings (SSSR count). The second-order valence-corrected chi connectivity index (χ2v) is 5.58. The van der Waals surface area contributed by atoms with Crippen LogP contribution in [0.4, 0.5) is 19.0 Å². The van der Waals surface area contributed by atoms with Gasteiger partial charge in [0.2, 0.25) is 10.0 Å². The number of nitrogens with zero attached hydrogens (tertiary/aromatic N) is 1. The first-order chi connectivity index (χ1) is 8.64. The van der Waals surface area contributed by atoms with Gasteiger partial charge in [0, 0.05) is 18.3 Å². The van der Waals surface area contributed by atoms with Crippen LogP contribution >= 0.6 is 0 Å². The van der Waals surface area contributed by atoms with Crippen molar-refractivity contribution >= 4 is 15.8 Å². The number of pyridine rings is 1. The minimum Gasteiger partial charge on any atom is -0.308 e. The number of aromatic nitrogens is 1. The Morgan fingerprint density at radius 3 is 2.63 bits per heavy atom. The van der Waals surface area contributed by atoms with Gasteiger partial charge in [-0.1, -0.05) is 0 Å². The van der Waals surface area contributed by atoms with E-state index in [4.69, 9.17) is 5.84 Å². The largest absolute Gasteiger partial charge is 0.390 e. The Hall–Kier alpha value is -1.39. The molecule has 1 heterocycles. The van der Waals surface area contributed by atoms with Gasteiger partial charge in [-0.2, -0.15) is 13.2 Å². The molecule has 1 aromatic heterocycles. The first-order valence-electron chi connectivity index (χ1n) is 5.16. The van der Waals surface area contributed by atoms with Gasteiger partial charge < -0.3 is 5.43 Å². The van der Waals surface area contributed by atoms with E-state index in [1.54, 1.807) is 0 Å². The van der Waals surface area contributed by atoms with Gasteiger partial charge in [-0.25, -0.2) is 24.0 Å². The SMILES string of the molecule is CC(CC(F)(F)F)NS(=O)(=O)c1ccnc(NN)c1. The number of hydrogen-bond donors (Lipinski definition) is 3. The summed E-state index contributed by atoms with van der Waals surface area (Å²) < 4.78 is 62.0. The molecule has 0 spiro atoms. The van der Waals surface area contributed by atoms with Gasteiger partial charge in [0.25, 0.3) is 0 Å². The monoisotopic (exact) mass is 298 g/mol. The molecule has 6 nitrogen and oxygen atoms in total. The van der Waals surface area contributed by atoms with E-state index in [2.05, 4.69) is 10.4 Å². The fourth-order valence-corrected chi connectivity index (χ4v) is 2.63. The first-order valence-corrected chi connectivity index (χ1v) is 6.64. The highest BCUT2D eigenvalue weighted by atomic mass is 32.2. The summed E-state index contributed by atoms with van der Waals surface area (Å²) in [5.41, 5.74) is 2.15. The average molecular weight is 298 g/mol. The fourth-order valence-electron chi connectivity index (χ4n) is 1.38. The van der Waals surface area contributed by atoms with Crippen molar-refractivity contribution in [3.8, 4) is 0 Å². The zero-order valence-corrected chi connectivity index (χ0v) is 10.7. The van der Waals surface area contributed by atoms with Gasteiger partial charge in [0.1, 0.15) is 5.82 Å². The lowest BCUT2D eigenvalue weighted by atomic mass is 10.2. The number of nitrogen functional groups attached to an aromatic ring is 1. The Bertz CT molecular complexity index is 533. The first kappa shape index (κ1) is 15.7. The molecule has 0 bridgehead atoms. The molecular formula is C9H13F3N4O2S. The molecule has 0 amide bonds. The summed E-state index contributed by atoms with van der Waals surface area (Å²) in [7, 11) is -4.05. The van der Waals surface area contributed by atoms with Crippen LogP contribution in [0.25, 0.3) is 0 Å². The van der Waals surface area contributed by atoms with Gasteiger partial charge >= 0.3 is 6.18 Å². The van der Waals surface area contributed by atoms with Gasteiger partial charge in [0.15, 0.2) is 0 Å². The Morgan fingerprint density at radius 2 is 2.11 bits per heavy atom. The smallest absolute Gasteiger partial charge is 0.308 e. The van der Waals surface area contributed by atoms with E-state index in [1.807, 2.05) is 4.72 Å². The molecule has 1 atom stereocenters. The molecule has 0 aliphatic heterocycles. The van der Waals surface area contributed by atoms with Crippen molar-refractivity contribution in [3.63, 3.8) is 0 Å². The van der Waals surface area contributed by atoms with Crippen molar-refractivity contribution in [1.29, 1.82) is 0 Å². The lowest BCUT2D eigenvalue weighted by Crippen LogP contribution is -2.36. The maximum absolute atomic E-state index is 12.1. The summed E-state index contributed by atoms with van der Waals surface area (Å²) in [5.74, 6) is 5.16. The second-order valence-electron chi connectivity index (χ2n) is 3.86. The zero-order valence-electron chi connectivity index (χ0n) is 9.90. The van der Waals surface area contributed by atoms with Crippen LogP contribution in [-0.2, 0) is 10.0 Å². The summed E-state index contributed by atoms with van der Waals surface area (Å²) in [4.78, 5) is 3.48. The zero-order chi connectivity index (χ0) is 14.7. The molecular weight excluding hydrogens is 285 g/mol. The number of nitrogens with two attached hydrogens (primary N) is 1. The third-order valence-corrected chi connectivity index (χ3v) is 3.67. The van der Waals surface area contributed by atoms with E-state index >= 15 is 0 Å². The number of hydrazine groups is 1. The standard InChI is InChI=1S/C9H13F3N4O2S/c1-6(5-9(10,11)12)16-19(17,18)7-2-3-14-8(4-7)15-13/h2-4,6,16H,5,13H2,1H3,(H,14,15). The van der Waals surface area contributed by atoms with Crippen molar-refractivity contribution in [2.75, 3.05) is 5.43 Å². The average Bonchev–Trinajstić information content (AvgIpc) is 2.25. The Balaban J connectivity index is 2.86. The lowest BCUT2D eigenvalue weighted by Gasteiger charge is -2.16. The van der Waals surface area contributed by atoms with Crippen molar-refractivity contribution < 1.29 is 21.6 Å². The summed E-state index contributed by atoms with van der Waals surface area (Å²) in [6.45, 7) is 1.13. The molecule has 0 aromatic carbocycles. The maximum Gasteiger partial charge on any atom is 0.390 e. The molecule has 19 heavy (non-hydrogen) atoms. The molecule has 0 saturated carbocycles. The van der Waals surface area contributed by atoms with Crippen molar-refractivity contribution in [3.05, 3.63) is 18.3 Å². The van der Waals surface area contributed by atoms with Crippen molar-refractivity contribution in [1.82, 2.24) is 9.71 Å². The second kappa shape index (κ2) is 5.72. The molecule has 0 fully saturated rings. The van der Waals surface area contributed by atoms with Crippen molar-refractivity contribution in [2.24, 2.45) is 5.84 Å². The molecule has 4 N–H and O–H groups in total. The van der Waals surface area contributed by atoms with Gasteiger partial charge in [-0.3, -0.25) is 0 Å². The number of anilines is 1. The molecule has 108 valence electrons. The molecule has 1 unspecified atom stereocenters. The van der Waals surface area contributed by atoms with E-state index < -0.39 is 28.7 Å². The molecule has 1 aromatic rings. The number of alkyl halides is 3. The van der Waals surface area contributed by atoms with Crippen LogP contribution < -0.4 is 16.0 Å². The minimum absolute atomic E-state index is 0.0892. The molecule has 0 radical (unpaired) electrons. The van der Waals surface area contributed by atoms with Crippen LogP contribution in [0.3, 0.4) is 0 Å². The van der Waals surface area contributed by atoms with E-state index in [0.717, 1.165) is 19.1 Å². The molecule has 0 saturated heterocycles. The van der Waals surface area contributed by atoms with Crippen LogP contribution in [0.5, 0.6) is 0 Å². The number of rotatable bonds is 5. The summed E-state index contributed by atoms with van der Waals surface area (Å²) >= 11 is 0. The minimum atomic E-state index is -4.44. The predicted octanol–water partition coefficient (Wildman–Crippen LogP) is 0.986. The molecule has 10 heteroatoms. The summed E-state index contributed by atoms with van der Waals surface area (Å²) in [6, 6.07) is 0.999. The van der Waals surface area contributed by atoms with Crippen LogP contribution in [0.1, 0.15) is 13.3 Å². The normalized spacial score (nSPS) is 14.2. The van der Waals surface area contributed by atoms with E-state index in [0.29, 0.717) is 0 Å². The molecule has 0 aliphatic rings.